The molecule has 0 aliphatic heterocycles. The van der Waals surface area contributed by atoms with Crippen LogP contribution in [-0.2, 0) is 9.53 Å². The molecule has 0 aliphatic carbocycles. The van der Waals surface area contributed by atoms with E-state index in [4.69, 9.17) is 4.74 Å². The maximum absolute atomic E-state index is 13.3. The van der Waals surface area contributed by atoms with E-state index in [1.54, 1.807) is 0 Å². The average Bonchev–Trinajstić information content (AvgIpc) is 2.26. The van der Waals surface area contributed by atoms with Crippen LogP contribution in [0.4, 0.5) is 4.39 Å². The Morgan fingerprint density at radius 3 is 2.56 bits per heavy atom. The van der Waals surface area contributed by atoms with Crippen molar-refractivity contribution in [3.8, 4) is 5.75 Å². The molecule has 1 aromatic carbocycles. The lowest BCUT2D eigenvalue weighted by molar-refractivity contribution is -0.142. The molecule has 0 amide bonds. The number of hydrogen-bond acceptors (Lipinski definition) is 4. The van der Waals surface area contributed by atoms with Gasteiger partial charge in [-0.3, -0.25) is 4.79 Å². The summed E-state index contributed by atoms with van der Waals surface area (Å²) in [7, 11) is 1.21. The summed E-state index contributed by atoms with van der Waals surface area (Å²) >= 11 is 0. The minimum Gasteiger partial charge on any atom is -0.479 e. The Labute approximate surface area is 92.0 Å². The average molecular weight is 226 g/mol. The minimum atomic E-state index is -0.684. The van der Waals surface area contributed by atoms with Crippen LogP contribution in [0.1, 0.15) is 17.3 Å². The lowest BCUT2D eigenvalue weighted by atomic mass is 10.1. The highest BCUT2D eigenvalue weighted by atomic mass is 19.1. The normalized spacial score (nSPS) is 9.69. The van der Waals surface area contributed by atoms with Gasteiger partial charge in [-0.2, -0.15) is 0 Å². The molecule has 16 heavy (non-hydrogen) atoms. The third kappa shape index (κ3) is 3.05. The lowest BCUT2D eigenvalue weighted by Gasteiger charge is -2.06. The molecule has 0 unspecified atom stereocenters. The molecule has 0 aromatic heterocycles. The molecule has 0 bridgehead atoms. The Balaban J connectivity index is 2.75. The molecule has 0 N–H and O–H groups in total. The Kier molecular flexibility index (Phi) is 3.99. The van der Waals surface area contributed by atoms with Gasteiger partial charge in [-0.1, -0.05) is 0 Å². The highest BCUT2D eigenvalue weighted by Crippen LogP contribution is 2.18. The van der Waals surface area contributed by atoms with Gasteiger partial charge in [0, 0.05) is 5.56 Å². The number of Topliss-reactive ketones (excluding diaryl/α,β-unsaturated/α-hetero) is 1. The third-order valence-electron chi connectivity index (χ3n) is 1.91. The van der Waals surface area contributed by atoms with Crippen molar-refractivity contribution in [2.24, 2.45) is 0 Å². The molecule has 0 heterocycles. The van der Waals surface area contributed by atoms with Crippen LogP contribution in [0, 0.1) is 5.82 Å². The quantitative estimate of drug-likeness (QED) is 0.577. The van der Waals surface area contributed by atoms with Crippen LogP contribution in [0.25, 0.3) is 0 Å². The van der Waals surface area contributed by atoms with E-state index < -0.39 is 11.8 Å². The number of carbonyl (C=O) groups is 2. The third-order valence-corrected chi connectivity index (χ3v) is 1.91. The summed E-state index contributed by atoms with van der Waals surface area (Å²) in [5.41, 5.74) is 0.253. The second-order valence-corrected chi connectivity index (χ2v) is 3.07. The molecule has 5 heteroatoms. The molecule has 0 fully saturated rings. The van der Waals surface area contributed by atoms with Gasteiger partial charge in [-0.15, -0.1) is 0 Å². The first-order valence-corrected chi connectivity index (χ1v) is 4.54. The Hall–Kier alpha value is -1.91. The first-order chi connectivity index (χ1) is 7.54. The molecule has 0 spiro atoms. The van der Waals surface area contributed by atoms with E-state index in [2.05, 4.69) is 4.74 Å². The molecule has 0 saturated heterocycles. The van der Waals surface area contributed by atoms with Crippen molar-refractivity contribution in [2.75, 3.05) is 13.7 Å². The van der Waals surface area contributed by atoms with E-state index in [-0.39, 0.29) is 23.7 Å². The van der Waals surface area contributed by atoms with Crippen molar-refractivity contribution in [3.05, 3.63) is 29.6 Å². The number of methoxy groups -OCH3 is 1. The standard InChI is InChI=1S/C11H11FO4/c1-7(13)8-3-4-10(9(12)5-8)16-6-11(14)15-2/h3-5H,6H2,1-2H3. The molecule has 0 radical (unpaired) electrons. The lowest BCUT2D eigenvalue weighted by Crippen LogP contribution is -2.13. The van der Waals surface area contributed by atoms with E-state index in [1.807, 2.05) is 0 Å². The Bertz CT molecular complexity index is 414. The van der Waals surface area contributed by atoms with Crippen molar-refractivity contribution in [2.45, 2.75) is 6.92 Å². The highest BCUT2D eigenvalue weighted by molar-refractivity contribution is 5.94. The Morgan fingerprint density at radius 2 is 2.06 bits per heavy atom. The number of esters is 1. The molecular formula is C11H11FO4. The van der Waals surface area contributed by atoms with Crippen LogP contribution in [-0.4, -0.2) is 25.5 Å². The van der Waals surface area contributed by atoms with Crippen LogP contribution in [0.3, 0.4) is 0 Å². The largest absolute Gasteiger partial charge is 0.479 e. The fourth-order valence-corrected chi connectivity index (χ4v) is 1.03. The summed E-state index contributed by atoms with van der Waals surface area (Å²) < 4.78 is 22.5. The molecule has 1 aromatic rings. The number of benzene rings is 1. The van der Waals surface area contributed by atoms with E-state index in [1.165, 1.54) is 26.2 Å². The first kappa shape index (κ1) is 12.2. The van der Waals surface area contributed by atoms with Gasteiger partial charge < -0.3 is 9.47 Å². The number of rotatable bonds is 4. The topological polar surface area (TPSA) is 52.6 Å². The molecule has 1 rings (SSSR count). The fraction of sp³-hybridized carbons (Fsp3) is 0.273. The molecule has 86 valence electrons. The zero-order valence-electron chi connectivity index (χ0n) is 8.95. The van der Waals surface area contributed by atoms with Crippen LogP contribution < -0.4 is 4.74 Å². The predicted octanol–water partition coefficient (Wildman–Crippen LogP) is 1.58. The van der Waals surface area contributed by atoms with Crippen LogP contribution in [0.2, 0.25) is 0 Å². The molecule has 4 nitrogen and oxygen atoms in total. The summed E-state index contributed by atoms with van der Waals surface area (Å²) in [5.74, 6) is -1.61. The van der Waals surface area contributed by atoms with Gasteiger partial charge in [0.05, 0.1) is 7.11 Å². The van der Waals surface area contributed by atoms with Gasteiger partial charge in [-0.05, 0) is 25.1 Å². The van der Waals surface area contributed by atoms with Gasteiger partial charge in [-0.25, -0.2) is 9.18 Å². The fourth-order valence-electron chi connectivity index (χ4n) is 1.03. The summed E-state index contributed by atoms with van der Waals surface area (Å²) in [4.78, 5) is 21.7. The summed E-state index contributed by atoms with van der Waals surface area (Å²) in [6, 6.07) is 3.79. The minimum absolute atomic E-state index is 0.0876. The van der Waals surface area contributed by atoms with Crippen LogP contribution >= 0.6 is 0 Å². The van der Waals surface area contributed by atoms with E-state index in [0.717, 1.165) is 6.07 Å². The molecule has 0 aliphatic rings. The summed E-state index contributed by atoms with van der Waals surface area (Å²) in [5, 5.41) is 0. The van der Waals surface area contributed by atoms with Gasteiger partial charge in [0.1, 0.15) is 0 Å². The van der Waals surface area contributed by atoms with Crippen LogP contribution in [0.15, 0.2) is 18.2 Å². The summed E-state index contributed by atoms with van der Waals surface area (Å²) in [6.07, 6.45) is 0. The summed E-state index contributed by atoms with van der Waals surface area (Å²) in [6.45, 7) is 0.969. The van der Waals surface area contributed by atoms with Gasteiger partial charge >= 0.3 is 5.97 Å². The van der Waals surface area contributed by atoms with E-state index >= 15 is 0 Å². The zero-order chi connectivity index (χ0) is 12.1. The maximum atomic E-state index is 13.3. The number of ether oxygens (including phenoxy) is 2. The van der Waals surface area contributed by atoms with E-state index in [0.29, 0.717) is 0 Å². The predicted molar refractivity (Wildman–Crippen MR) is 53.9 cm³/mol. The van der Waals surface area contributed by atoms with Gasteiger partial charge in [0.15, 0.2) is 24.0 Å². The van der Waals surface area contributed by atoms with Crippen molar-refractivity contribution in [3.63, 3.8) is 0 Å². The monoisotopic (exact) mass is 226 g/mol. The zero-order valence-corrected chi connectivity index (χ0v) is 8.95. The highest BCUT2D eigenvalue weighted by Gasteiger charge is 2.09. The van der Waals surface area contributed by atoms with Gasteiger partial charge in [0.2, 0.25) is 0 Å². The van der Waals surface area contributed by atoms with Crippen molar-refractivity contribution in [1.29, 1.82) is 0 Å². The van der Waals surface area contributed by atoms with Crippen LogP contribution in [0.5, 0.6) is 5.75 Å². The number of hydrogen-bond donors (Lipinski definition) is 0. The SMILES string of the molecule is COC(=O)COc1ccc(C(C)=O)cc1F. The van der Waals surface area contributed by atoms with E-state index in [9.17, 15) is 14.0 Å². The number of ketones is 1. The molecular weight excluding hydrogens is 215 g/mol. The second kappa shape index (κ2) is 5.25. The van der Waals surface area contributed by atoms with Crippen molar-refractivity contribution < 1.29 is 23.5 Å². The second-order valence-electron chi connectivity index (χ2n) is 3.07. The van der Waals surface area contributed by atoms with Crippen molar-refractivity contribution in [1.82, 2.24) is 0 Å². The number of halogens is 1. The Morgan fingerprint density at radius 1 is 1.38 bits per heavy atom. The van der Waals surface area contributed by atoms with Gasteiger partial charge in [0.25, 0.3) is 0 Å². The number of carbonyl (C=O) groups excluding carboxylic acids is 2. The first-order valence-electron chi connectivity index (χ1n) is 4.54. The molecule has 0 saturated carbocycles. The molecule has 0 atom stereocenters. The smallest absolute Gasteiger partial charge is 0.343 e. The maximum Gasteiger partial charge on any atom is 0.343 e. The van der Waals surface area contributed by atoms with Crippen molar-refractivity contribution >= 4 is 11.8 Å².